The minimum atomic E-state index is -0.120. The first-order valence-corrected chi connectivity index (χ1v) is 7.17. The van der Waals surface area contributed by atoms with Crippen molar-refractivity contribution < 1.29 is 4.39 Å². The van der Waals surface area contributed by atoms with Gasteiger partial charge in [0, 0.05) is 6.04 Å². The lowest BCUT2D eigenvalue weighted by molar-refractivity contribution is 0.287. The van der Waals surface area contributed by atoms with Crippen LogP contribution in [0.3, 0.4) is 0 Å². The predicted molar refractivity (Wildman–Crippen MR) is 74.3 cm³/mol. The molecule has 0 bridgehead atoms. The maximum Gasteiger partial charge on any atom is 0.123 e. The van der Waals surface area contributed by atoms with Gasteiger partial charge in [0.25, 0.3) is 0 Å². The normalized spacial score (nSPS) is 24.2. The van der Waals surface area contributed by atoms with Crippen molar-refractivity contribution in [3.63, 3.8) is 0 Å². The Kier molecular flexibility index (Phi) is 4.76. The van der Waals surface area contributed by atoms with Crippen molar-refractivity contribution in [3.8, 4) is 0 Å². The van der Waals surface area contributed by atoms with Crippen molar-refractivity contribution in [2.75, 3.05) is 6.54 Å². The van der Waals surface area contributed by atoms with Gasteiger partial charge in [-0.3, -0.25) is 0 Å². The summed E-state index contributed by atoms with van der Waals surface area (Å²) in [6.45, 7) is 5.25. The molecule has 0 heterocycles. The molecule has 100 valence electrons. The number of hydrogen-bond donors (Lipinski definition) is 1. The summed E-state index contributed by atoms with van der Waals surface area (Å²) in [4.78, 5) is 0. The molecule has 1 saturated carbocycles. The zero-order chi connectivity index (χ0) is 13.0. The van der Waals surface area contributed by atoms with Gasteiger partial charge in [0.2, 0.25) is 0 Å². The molecule has 1 aliphatic carbocycles. The monoisotopic (exact) mass is 249 g/mol. The van der Waals surface area contributed by atoms with Crippen molar-refractivity contribution in [1.29, 1.82) is 0 Å². The van der Waals surface area contributed by atoms with E-state index < -0.39 is 0 Å². The Morgan fingerprint density at radius 2 is 2.17 bits per heavy atom. The van der Waals surface area contributed by atoms with E-state index >= 15 is 0 Å². The van der Waals surface area contributed by atoms with Crippen LogP contribution >= 0.6 is 0 Å². The Hall–Kier alpha value is -0.890. The van der Waals surface area contributed by atoms with Crippen LogP contribution in [0.15, 0.2) is 18.2 Å². The topological polar surface area (TPSA) is 12.0 Å². The Morgan fingerprint density at radius 3 is 2.89 bits per heavy atom. The van der Waals surface area contributed by atoms with Gasteiger partial charge in [-0.25, -0.2) is 4.39 Å². The van der Waals surface area contributed by atoms with E-state index in [0.717, 1.165) is 24.4 Å². The molecule has 0 radical (unpaired) electrons. The molecule has 1 aromatic rings. The standard InChI is InChI=1S/C16H24FN/c1-3-18-16-6-4-5-13(11-16)10-14-7-8-15(17)9-12(14)2/h7-9,13,16,18H,3-6,10-11H2,1-2H3. The highest BCUT2D eigenvalue weighted by Crippen LogP contribution is 2.28. The fourth-order valence-corrected chi connectivity index (χ4v) is 3.15. The van der Waals surface area contributed by atoms with Crippen LogP contribution < -0.4 is 5.32 Å². The molecule has 2 atom stereocenters. The number of hydrogen-bond acceptors (Lipinski definition) is 1. The van der Waals surface area contributed by atoms with Gasteiger partial charge >= 0.3 is 0 Å². The van der Waals surface area contributed by atoms with E-state index in [2.05, 4.69) is 12.2 Å². The van der Waals surface area contributed by atoms with Crippen LogP contribution in [0.1, 0.15) is 43.7 Å². The second-order valence-electron chi connectivity index (χ2n) is 5.56. The lowest BCUT2D eigenvalue weighted by Gasteiger charge is -2.30. The molecule has 1 aromatic carbocycles. The van der Waals surface area contributed by atoms with E-state index in [9.17, 15) is 4.39 Å². The van der Waals surface area contributed by atoms with E-state index in [4.69, 9.17) is 0 Å². The van der Waals surface area contributed by atoms with Crippen LogP contribution in [-0.2, 0) is 6.42 Å². The summed E-state index contributed by atoms with van der Waals surface area (Å²) in [5, 5.41) is 3.56. The van der Waals surface area contributed by atoms with Gasteiger partial charge in [-0.2, -0.15) is 0 Å². The quantitative estimate of drug-likeness (QED) is 0.854. The second-order valence-corrected chi connectivity index (χ2v) is 5.56. The van der Waals surface area contributed by atoms with E-state index in [1.807, 2.05) is 13.0 Å². The molecular formula is C16H24FN. The molecule has 0 aromatic heterocycles. The third kappa shape index (κ3) is 3.55. The average molecular weight is 249 g/mol. The van der Waals surface area contributed by atoms with Gasteiger partial charge < -0.3 is 5.32 Å². The Balaban J connectivity index is 1.96. The van der Waals surface area contributed by atoms with Crippen molar-refractivity contribution in [3.05, 3.63) is 35.1 Å². The Labute approximate surface area is 110 Å². The third-order valence-corrected chi connectivity index (χ3v) is 4.09. The van der Waals surface area contributed by atoms with Gasteiger partial charge in [0.1, 0.15) is 5.82 Å². The van der Waals surface area contributed by atoms with Gasteiger partial charge in [-0.1, -0.05) is 25.8 Å². The maximum absolute atomic E-state index is 13.1. The molecule has 18 heavy (non-hydrogen) atoms. The zero-order valence-corrected chi connectivity index (χ0v) is 11.5. The lowest BCUT2D eigenvalue weighted by atomic mass is 9.81. The SMILES string of the molecule is CCNC1CCCC(Cc2ccc(F)cc2C)C1. The van der Waals surface area contributed by atoms with Crippen LogP contribution in [0, 0.1) is 18.7 Å². The van der Waals surface area contributed by atoms with Crippen molar-refractivity contribution in [2.45, 2.75) is 52.0 Å². The molecule has 0 aliphatic heterocycles. The van der Waals surface area contributed by atoms with E-state index in [-0.39, 0.29) is 5.82 Å². The first-order chi connectivity index (χ1) is 8.69. The smallest absolute Gasteiger partial charge is 0.123 e. The first kappa shape index (κ1) is 13.5. The molecule has 0 spiro atoms. The van der Waals surface area contributed by atoms with Gasteiger partial charge in [-0.05, 0) is 61.9 Å². The summed E-state index contributed by atoms with van der Waals surface area (Å²) in [5.74, 6) is 0.636. The van der Waals surface area contributed by atoms with E-state index in [1.54, 1.807) is 12.1 Å². The molecule has 1 fully saturated rings. The minimum absolute atomic E-state index is 0.120. The molecule has 2 rings (SSSR count). The van der Waals surface area contributed by atoms with Crippen LogP contribution in [0.5, 0.6) is 0 Å². The highest BCUT2D eigenvalue weighted by atomic mass is 19.1. The number of rotatable bonds is 4. The van der Waals surface area contributed by atoms with Crippen LogP contribution in [0.25, 0.3) is 0 Å². The molecule has 2 unspecified atom stereocenters. The highest BCUT2D eigenvalue weighted by molar-refractivity contribution is 5.27. The third-order valence-electron chi connectivity index (χ3n) is 4.09. The summed E-state index contributed by atoms with van der Waals surface area (Å²) < 4.78 is 13.1. The molecule has 1 N–H and O–H groups in total. The molecule has 1 aliphatic rings. The Morgan fingerprint density at radius 1 is 1.33 bits per heavy atom. The van der Waals surface area contributed by atoms with Crippen molar-refractivity contribution in [1.82, 2.24) is 5.32 Å². The average Bonchev–Trinajstić information content (AvgIpc) is 2.34. The molecule has 0 amide bonds. The number of benzene rings is 1. The molecule has 2 heteroatoms. The highest BCUT2D eigenvalue weighted by Gasteiger charge is 2.21. The van der Waals surface area contributed by atoms with Gasteiger partial charge in [0.05, 0.1) is 0 Å². The summed E-state index contributed by atoms with van der Waals surface area (Å²) in [6.07, 6.45) is 6.33. The largest absolute Gasteiger partial charge is 0.314 e. The predicted octanol–water partition coefficient (Wildman–Crippen LogP) is 3.84. The number of halogens is 1. The molecular weight excluding hydrogens is 225 g/mol. The number of aryl methyl sites for hydroxylation is 1. The number of nitrogens with one attached hydrogen (secondary N) is 1. The summed E-state index contributed by atoms with van der Waals surface area (Å²) in [5.41, 5.74) is 2.42. The van der Waals surface area contributed by atoms with Crippen LogP contribution in [-0.4, -0.2) is 12.6 Å². The summed E-state index contributed by atoms with van der Waals surface area (Å²) in [7, 11) is 0. The summed E-state index contributed by atoms with van der Waals surface area (Å²) in [6, 6.07) is 5.89. The molecule has 0 saturated heterocycles. The lowest BCUT2D eigenvalue weighted by Crippen LogP contribution is -2.34. The van der Waals surface area contributed by atoms with E-state index in [1.165, 1.54) is 31.2 Å². The van der Waals surface area contributed by atoms with Gasteiger partial charge in [0.15, 0.2) is 0 Å². The van der Waals surface area contributed by atoms with Crippen molar-refractivity contribution >= 4 is 0 Å². The fraction of sp³-hybridized carbons (Fsp3) is 0.625. The van der Waals surface area contributed by atoms with Crippen molar-refractivity contribution in [2.24, 2.45) is 5.92 Å². The second kappa shape index (κ2) is 6.33. The zero-order valence-electron chi connectivity index (χ0n) is 11.5. The van der Waals surface area contributed by atoms with Crippen LogP contribution in [0.4, 0.5) is 4.39 Å². The molecule has 1 nitrogen and oxygen atoms in total. The van der Waals surface area contributed by atoms with Gasteiger partial charge in [-0.15, -0.1) is 0 Å². The minimum Gasteiger partial charge on any atom is -0.314 e. The summed E-state index contributed by atoms with van der Waals surface area (Å²) >= 11 is 0. The van der Waals surface area contributed by atoms with E-state index in [0.29, 0.717) is 6.04 Å². The Bertz CT molecular complexity index is 387. The maximum atomic E-state index is 13.1. The first-order valence-electron chi connectivity index (χ1n) is 7.17. The fourth-order valence-electron chi connectivity index (χ4n) is 3.15. The van der Waals surface area contributed by atoms with Crippen LogP contribution in [0.2, 0.25) is 0 Å².